The summed E-state index contributed by atoms with van der Waals surface area (Å²) >= 11 is 0. The number of ketones is 1. The first-order valence-electron chi connectivity index (χ1n) is 8.23. The topological polar surface area (TPSA) is 147 Å². The quantitative estimate of drug-likeness (QED) is 0.389. The average Bonchev–Trinajstić information content (AvgIpc) is 2.53. The molecule has 0 aliphatic carbocycles. The normalized spacial score (nSPS) is 11.0. The number of carboxylic acid groups (broad SMARTS) is 2. The summed E-state index contributed by atoms with van der Waals surface area (Å²) in [4.78, 5) is 42.0. The van der Waals surface area contributed by atoms with E-state index in [2.05, 4.69) is 5.32 Å². The van der Waals surface area contributed by atoms with Crippen molar-refractivity contribution >= 4 is 23.6 Å². The van der Waals surface area contributed by atoms with Crippen LogP contribution in [-0.4, -0.2) is 46.4 Å². The van der Waals surface area contributed by atoms with E-state index in [9.17, 15) is 19.2 Å². The molecular formula is C16H30N2O6. The van der Waals surface area contributed by atoms with E-state index in [1.165, 1.54) is 0 Å². The Bertz CT molecular complexity index is 392. The van der Waals surface area contributed by atoms with Crippen molar-refractivity contribution in [1.82, 2.24) is 5.32 Å². The van der Waals surface area contributed by atoms with E-state index in [1.54, 1.807) is 0 Å². The number of hydrogen-bond acceptors (Lipinski definition) is 5. The molecular weight excluding hydrogens is 316 g/mol. The van der Waals surface area contributed by atoms with Crippen LogP contribution in [0.3, 0.4) is 0 Å². The van der Waals surface area contributed by atoms with Crippen LogP contribution in [0.25, 0.3) is 0 Å². The van der Waals surface area contributed by atoms with Crippen molar-refractivity contribution in [3.05, 3.63) is 0 Å². The molecule has 1 unspecified atom stereocenters. The van der Waals surface area contributed by atoms with Gasteiger partial charge in [0.05, 0.1) is 0 Å². The highest BCUT2D eigenvalue weighted by Crippen LogP contribution is 1.99. The second-order valence-electron chi connectivity index (χ2n) is 5.28. The number of Topliss-reactive ketones (excluding diaryl/α,β-unsaturated/α-hetero) is 1. The van der Waals surface area contributed by atoms with Gasteiger partial charge in [-0.25, -0.2) is 0 Å². The molecule has 0 bridgehead atoms. The van der Waals surface area contributed by atoms with Gasteiger partial charge < -0.3 is 21.3 Å². The van der Waals surface area contributed by atoms with Crippen LogP contribution >= 0.6 is 0 Å². The highest BCUT2D eigenvalue weighted by molar-refractivity contribution is 5.77. The number of carbonyl (C=O) groups excluding carboxylic acids is 2. The van der Waals surface area contributed by atoms with Crippen LogP contribution < -0.4 is 11.1 Å². The minimum Gasteiger partial charge on any atom is -0.481 e. The zero-order valence-electron chi connectivity index (χ0n) is 14.5. The van der Waals surface area contributed by atoms with Gasteiger partial charge in [-0.3, -0.25) is 19.2 Å². The summed E-state index contributed by atoms with van der Waals surface area (Å²) in [5.74, 6) is -1.77. The first-order valence-corrected chi connectivity index (χ1v) is 8.23. The summed E-state index contributed by atoms with van der Waals surface area (Å²) in [6, 6.07) is -0.851. The van der Waals surface area contributed by atoms with Crippen LogP contribution in [0.2, 0.25) is 0 Å². The molecule has 0 aliphatic rings. The maximum Gasteiger partial charge on any atom is 0.320 e. The zero-order valence-corrected chi connectivity index (χ0v) is 14.5. The molecule has 8 heteroatoms. The predicted molar refractivity (Wildman–Crippen MR) is 89.5 cm³/mol. The molecule has 1 atom stereocenters. The molecule has 0 radical (unpaired) electrons. The molecule has 0 aromatic rings. The van der Waals surface area contributed by atoms with Gasteiger partial charge in [0.1, 0.15) is 11.8 Å². The lowest BCUT2D eigenvalue weighted by Crippen LogP contribution is -2.30. The molecule has 0 aliphatic heterocycles. The molecule has 0 rings (SSSR count). The van der Waals surface area contributed by atoms with E-state index in [0.29, 0.717) is 50.9 Å². The van der Waals surface area contributed by atoms with Gasteiger partial charge in [0.2, 0.25) is 5.91 Å². The van der Waals surface area contributed by atoms with E-state index in [1.807, 2.05) is 13.8 Å². The number of unbranched alkanes of at least 4 members (excludes halogenated alkanes) is 1. The maximum absolute atomic E-state index is 11.2. The first kappa shape index (κ1) is 24.3. The Hall–Kier alpha value is -1.96. The predicted octanol–water partition coefficient (Wildman–Crippen LogP) is 1.32. The molecule has 1 amide bonds. The van der Waals surface area contributed by atoms with Gasteiger partial charge in [0, 0.05) is 32.2 Å². The van der Waals surface area contributed by atoms with Crippen LogP contribution in [0.4, 0.5) is 0 Å². The van der Waals surface area contributed by atoms with Gasteiger partial charge in [-0.1, -0.05) is 13.8 Å². The number of rotatable bonds is 12. The molecule has 0 spiro atoms. The van der Waals surface area contributed by atoms with Crippen LogP contribution in [0.1, 0.15) is 65.2 Å². The third kappa shape index (κ3) is 18.1. The number of nitrogens with one attached hydrogen (secondary N) is 1. The summed E-state index contributed by atoms with van der Waals surface area (Å²) in [6.45, 7) is 4.22. The highest BCUT2D eigenvalue weighted by Gasteiger charge is 2.10. The van der Waals surface area contributed by atoms with Crippen molar-refractivity contribution in [1.29, 1.82) is 0 Å². The number of nitrogens with two attached hydrogens (primary N) is 1. The maximum atomic E-state index is 11.2. The Morgan fingerprint density at radius 3 is 1.96 bits per heavy atom. The minimum absolute atomic E-state index is 0.0130. The smallest absolute Gasteiger partial charge is 0.320 e. The zero-order chi connectivity index (χ0) is 19.0. The Morgan fingerprint density at radius 2 is 1.54 bits per heavy atom. The molecule has 0 heterocycles. The fraction of sp³-hybridized carbons (Fsp3) is 0.750. The Labute approximate surface area is 142 Å². The molecule has 5 N–H and O–H groups in total. The molecule has 8 nitrogen and oxygen atoms in total. The number of carbonyl (C=O) groups is 4. The van der Waals surface area contributed by atoms with Crippen LogP contribution in [0, 0.1) is 0 Å². The van der Waals surface area contributed by atoms with Crippen molar-refractivity contribution in [2.24, 2.45) is 5.73 Å². The fourth-order valence-corrected chi connectivity index (χ4v) is 1.58. The van der Waals surface area contributed by atoms with Crippen molar-refractivity contribution < 1.29 is 29.4 Å². The second-order valence-corrected chi connectivity index (χ2v) is 5.28. The number of aliphatic carboxylic acids is 2. The summed E-state index contributed by atoms with van der Waals surface area (Å²) in [6.07, 6.45) is 3.55. The van der Waals surface area contributed by atoms with E-state index in [0.717, 1.165) is 0 Å². The number of amides is 1. The molecule has 0 fully saturated rings. The minimum atomic E-state index is -1.02. The molecule has 0 saturated carbocycles. The third-order valence-electron chi connectivity index (χ3n) is 3.16. The molecule has 0 aromatic carbocycles. The fourth-order valence-electron chi connectivity index (χ4n) is 1.58. The van der Waals surface area contributed by atoms with E-state index < -0.39 is 18.0 Å². The Kier molecular flexibility index (Phi) is 16.1. The average molecular weight is 346 g/mol. The van der Waals surface area contributed by atoms with Gasteiger partial charge in [0.25, 0.3) is 0 Å². The monoisotopic (exact) mass is 346 g/mol. The highest BCUT2D eigenvalue weighted by atomic mass is 16.4. The molecule has 24 heavy (non-hydrogen) atoms. The van der Waals surface area contributed by atoms with E-state index >= 15 is 0 Å². The van der Waals surface area contributed by atoms with Crippen LogP contribution in [-0.2, 0) is 19.2 Å². The van der Waals surface area contributed by atoms with Gasteiger partial charge in [-0.2, -0.15) is 0 Å². The Balaban J connectivity index is 0. The SMILES string of the molecule is CCC(=O)CC.NC(CCCCNC(=O)CCCC(=O)O)C(=O)O. The van der Waals surface area contributed by atoms with Gasteiger partial charge in [0.15, 0.2) is 0 Å². The van der Waals surface area contributed by atoms with Gasteiger partial charge in [-0.15, -0.1) is 0 Å². The number of hydrogen-bond donors (Lipinski definition) is 4. The van der Waals surface area contributed by atoms with Gasteiger partial charge >= 0.3 is 11.9 Å². The van der Waals surface area contributed by atoms with Crippen molar-refractivity contribution in [3.63, 3.8) is 0 Å². The van der Waals surface area contributed by atoms with E-state index in [-0.39, 0.29) is 18.7 Å². The summed E-state index contributed by atoms with van der Waals surface area (Å²) < 4.78 is 0. The molecule has 140 valence electrons. The van der Waals surface area contributed by atoms with Crippen LogP contribution in [0.15, 0.2) is 0 Å². The lowest BCUT2D eigenvalue weighted by molar-refractivity contribution is -0.139. The summed E-state index contributed by atoms with van der Waals surface area (Å²) in [5.41, 5.74) is 5.31. The standard InChI is InChI=1S/C11H20N2O5.C5H10O/c12-8(11(17)18)4-1-2-7-13-9(14)5-3-6-10(15)16;1-3-5(6)4-2/h8H,1-7,12H2,(H,13,14)(H,15,16)(H,17,18);3-4H2,1-2H3. The summed E-state index contributed by atoms with van der Waals surface area (Å²) in [5, 5.41) is 19.5. The Morgan fingerprint density at radius 1 is 0.958 bits per heavy atom. The van der Waals surface area contributed by atoms with Crippen molar-refractivity contribution in [3.8, 4) is 0 Å². The van der Waals surface area contributed by atoms with Crippen LogP contribution in [0.5, 0.6) is 0 Å². The summed E-state index contributed by atoms with van der Waals surface area (Å²) in [7, 11) is 0. The van der Waals surface area contributed by atoms with Crippen molar-refractivity contribution in [2.75, 3.05) is 6.54 Å². The lowest BCUT2D eigenvalue weighted by Gasteiger charge is -2.07. The molecule has 0 saturated heterocycles. The van der Waals surface area contributed by atoms with E-state index in [4.69, 9.17) is 15.9 Å². The first-order chi connectivity index (χ1) is 11.2. The number of carboxylic acids is 2. The second kappa shape index (κ2) is 15.9. The lowest BCUT2D eigenvalue weighted by atomic mass is 10.1. The molecule has 0 aromatic heterocycles. The van der Waals surface area contributed by atoms with Gasteiger partial charge in [-0.05, 0) is 25.7 Å². The van der Waals surface area contributed by atoms with Crippen molar-refractivity contribution in [2.45, 2.75) is 71.3 Å². The largest absolute Gasteiger partial charge is 0.481 e. The third-order valence-corrected chi connectivity index (χ3v) is 3.16.